The second-order valence-corrected chi connectivity index (χ2v) is 1.24. The van der Waals surface area contributed by atoms with Crippen LogP contribution in [0.4, 0.5) is 0 Å². The molecule has 0 spiro atoms. The average Bonchev–Trinajstić information content (AvgIpc) is 1.65. The molecule has 0 bridgehead atoms. The first kappa shape index (κ1) is 3.65. The molecule has 0 fully saturated rings. The van der Waals surface area contributed by atoms with Crippen molar-refractivity contribution in [3.63, 3.8) is 0 Å². The van der Waals surface area contributed by atoms with Crippen LogP contribution in [-0.2, 0) is 4.79 Å². The Labute approximate surface area is 38.2 Å². The van der Waals surface area contributed by atoms with Crippen molar-refractivity contribution in [3.8, 4) is 0 Å². The molecule has 0 unspecified atom stereocenters. The normalized spacial score (nSPS) is 15.8. The van der Waals surface area contributed by atoms with Crippen LogP contribution in [0.5, 0.6) is 0 Å². The van der Waals surface area contributed by atoms with Gasteiger partial charge in [-0.25, -0.2) is 0 Å². The van der Waals surface area contributed by atoms with Crippen molar-refractivity contribution in [1.82, 2.24) is 0 Å². The molecule has 0 aromatic carbocycles. The van der Waals surface area contributed by atoms with Gasteiger partial charge in [0.2, 0.25) is 0 Å². The number of rotatable bonds is 1. The quantitative estimate of drug-likeness (QED) is 0.514. The average molecular weight is 89.1 g/mol. The molecule has 0 saturated heterocycles. The Bertz CT molecular complexity index is 72.1. The van der Waals surface area contributed by atoms with E-state index in [0.29, 0.717) is 0 Å². The molecule has 0 aromatic rings. The molecule has 0 aliphatic heterocycles. The number of aliphatic carboxylic acids is 1. The SMILES string of the molecule is [2H]C[C@@H](C)C(=O)O. The van der Waals surface area contributed by atoms with Gasteiger partial charge in [-0.2, -0.15) is 0 Å². The van der Waals surface area contributed by atoms with E-state index in [1.54, 1.807) is 0 Å². The van der Waals surface area contributed by atoms with Gasteiger partial charge < -0.3 is 5.11 Å². The Balaban J connectivity index is 3.34. The van der Waals surface area contributed by atoms with Crippen LogP contribution >= 0.6 is 0 Å². The fourth-order valence-electron chi connectivity index (χ4n) is 0. The highest BCUT2D eigenvalue weighted by Gasteiger charge is 1.99. The van der Waals surface area contributed by atoms with Gasteiger partial charge >= 0.3 is 5.97 Å². The molecular formula is C4H8O2. The predicted molar refractivity (Wildman–Crippen MR) is 22.5 cm³/mol. The highest BCUT2D eigenvalue weighted by molar-refractivity contribution is 5.68. The van der Waals surface area contributed by atoms with E-state index in [4.69, 9.17) is 6.48 Å². The van der Waals surface area contributed by atoms with E-state index >= 15 is 0 Å². The summed E-state index contributed by atoms with van der Waals surface area (Å²) in [4.78, 5) is 9.81. The zero-order chi connectivity index (χ0) is 5.86. The molecule has 1 atom stereocenters. The zero-order valence-electron chi connectivity index (χ0n) is 4.64. The third-order valence-electron chi connectivity index (χ3n) is 0.422. The number of hydrogen-bond acceptors (Lipinski definition) is 1. The smallest absolute Gasteiger partial charge is 0.305 e. The molecule has 0 heterocycles. The van der Waals surface area contributed by atoms with Gasteiger partial charge in [-0.1, -0.05) is 13.8 Å². The monoisotopic (exact) mass is 89.1 g/mol. The fraction of sp³-hybridized carbons (Fsp3) is 0.750. The Hall–Kier alpha value is -0.530. The van der Waals surface area contributed by atoms with E-state index in [1.165, 1.54) is 6.92 Å². The first-order valence-corrected chi connectivity index (χ1v) is 1.70. The maximum absolute atomic E-state index is 9.81. The van der Waals surface area contributed by atoms with Crippen molar-refractivity contribution < 1.29 is 11.3 Å². The van der Waals surface area contributed by atoms with E-state index in [0.717, 1.165) is 0 Å². The first-order chi connectivity index (χ1) is 3.18. The molecule has 2 nitrogen and oxygen atoms in total. The molecule has 2 heteroatoms. The molecule has 36 valence electrons. The van der Waals surface area contributed by atoms with Crippen molar-refractivity contribution in [2.24, 2.45) is 5.92 Å². The van der Waals surface area contributed by atoms with Crippen molar-refractivity contribution >= 4 is 5.97 Å². The molecule has 0 aliphatic carbocycles. The van der Waals surface area contributed by atoms with E-state index < -0.39 is 11.9 Å². The summed E-state index contributed by atoms with van der Waals surface area (Å²) in [5, 5.41) is 8.06. The van der Waals surface area contributed by atoms with Crippen LogP contribution in [-0.4, -0.2) is 11.1 Å². The summed E-state index contributed by atoms with van der Waals surface area (Å²) in [6.07, 6.45) is 0. The number of carbonyl (C=O) groups is 1. The Morgan fingerprint density at radius 3 is 2.67 bits per heavy atom. The first-order valence-electron chi connectivity index (χ1n) is 2.41. The van der Waals surface area contributed by atoms with Crippen LogP contribution in [0.2, 0.25) is 0 Å². The van der Waals surface area contributed by atoms with Crippen molar-refractivity contribution in [3.05, 3.63) is 0 Å². The predicted octanol–water partition coefficient (Wildman–Crippen LogP) is 0.727. The zero-order valence-corrected chi connectivity index (χ0v) is 3.64. The third kappa shape index (κ3) is 1.76. The molecule has 0 aromatic heterocycles. The van der Waals surface area contributed by atoms with Crippen LogP contribution in [0.25, 0.3) is 0 Å². The minimum Gasteiger partial charge on any atom is -0.481 e. The van der Waals surface area contributed by atoms with Gasteiger partial charge in [0.25, 0.3) is 0 Å². The van der Waals surface area contributed by atoms with Crippen LogP contribution in [0, 0.1) is 5.92 Å². The molecule has 1 N–H and O–H groups in total. The standard InChI is InChI=1S/C4H8O2/c1-3(2)4(5)6/h3H,1-2H3,(H,5,6)/i1D/t3-/m0/s1. The Kier molecular flexibility index (Phi) is 1.10. The maximum atomic E-state index is 9.81. The second-order valence-electron chi connectivity index (χ2n) is 1.24. The fourth-order valence-corrected chi connectivity index (χ4v) is 0. The van der Waals surface area contributed by atoms with E-state index in [2.05, 4.69) is 0 Å². The summed E-state index contributed by atoms with van der Waals surface area (Å²) in [6.45, 7) is 1.48. The summed E-state index contributed by atoms with van der Waals surface area (Å²) in [7, 11) is 0. The van der Waals surface area contributed by atoms with Gasteiger partial charge in [0, 0.05) is 1.37 Å². The van der Waals surface area contributed by atoms with E-state index in [1.807, 2.05) is 0 Å². The summed E-state index contributed by atoms with van der Waals surface area (Å²) in [6, 6.07) is 0. The van der Waals surface area contributed by atoms with Crippen molar-refractivity contribution in [1.29, 1.82) is 0 Å². The van der Waals surface area contributed by atoms with Gasteiger partial charge in [-0.3, -0.25) is 4.79 Å². The van der Waals surface area contributed by atoms with Crippen molar-refractivity contribution in [2.45, 2.75) is 13.8 Å². The number of hydrogen-bond donors (Lipinski definition) is 1. The van der Waals surface area contributed by atoms with Gasteiger partial charge in [0.05, 0.1) is 5.92 Å². The van der Waals surface area contributed by atoms with Crippen LogP contribution < -0.4 is 0 Å². The van der Waals surface area contributed by atoms with Crippen LogP contribution in [0.15, 0.2) is 0 Å². The van der Waals surface area contributed by atoms with Gasteiger partial charge in [0.1, 0.15) is 0 Å². The lowest BCUT2D eigenvalue weighted by Crippen LogP contribution is -2.03. The largest absolute Gasteiger partial charge is 0.481 e. The Morgan fingerprint density at radius 1 is 2.17 bits per heavy atom. The highest BCUT2D eigenvalue weighted by Crippen LogP contribution is 1.87. The molecule has 0 amide bonds. The molecule has 6 heavy (non-hydrogen) atoms. The van der Waals surface area contributed by atoms with Crippen LogP contribution in [0.3, 0.4) is 0 Å². The summed E-state index contributed by atoms with van der Waals surface area (Å²) in [5.74, 6) is -1.41. The van der Waals surface area contributed by atoms with E-state index in [-0.39, 0.29) is 6.90 Å². The molecule has 0 aliphatic rings. The lowest BCUT2D eigenvalue weighted by molar-refractivity contribution is -0.140. The van der Waals surface area contributed by atoms with Crippen molar-refractivity contribution in [2.75, 3.05) is 0 Å². The topological polar surface area (TPSA) is 37.3 Å². The molecule has 0 rings (SSSR count). The third-order valence-corrected chi connectivity index (χ3v) is 0.422. The van der Waals surface area contributed by atoms with Gasteiger partial charge in [0.15, 0.2) is 0 Å². The summed E-state index contributed by atoms with van der Waals surface area (Å²) < 4.78 is 6.56. The lowest BCUT2D eigenvalue weighted by Gasteiger charge is -1.89. The molecular weight excluding hydrogens is 80.0 g/mol. The summed E-state index contributed by atoms with van der Waals surface area (Å²) >= 11 is 0. The number of carboxylic acid groups (broad SMARTS) is 1. The maximum Gasteiger partial charge on any atom is 0.305 e. The van der Waals surface area contributed by atoms with E-state index in [9.17, 15) is 4.79 Å². The lowest BCUT2D eigenvalue weighted by atomic mass is 10.2. The highest BCUT2D eigenvalue weighted by atomic mass is 16.4. The van der Waals surface area contributed by atoms with Crippen LogP contribution in [0.1, 0.15) is 15.2 Å². The molecule has 0 radical (unpaired) electrons. The number of carboxylic acids is 1. The summed E-state index contributed by atoms with van der Waals surface area (Å²) in [5.41, 5.74) is 0. The Morgan fingerprint density at radius 2 is 2.67 bits per heavy atom. The minimum atomic E-state index is -0.894. The molecule has 0 saturated carbocycles. The second kappa shape index (κ2) is 1.80. The van der Waals surface area contributed by atoms with Gasteiger partial charge in [-0.15, -0.1) is 0 Å². The minimum absolute atomic E-state index is 0.0324. The van der Waals surface area contributed by atoms with Gasteiger partial charge in [-0.05, 0) is 0 Å².